The maximum Gasteiger partial charge on any atom is 0.417 e. The molecule has 4 heterocycles. The van der Waals surface area contributed by atoms with E-state index in [9.17, 15) is 22.8 Å². The Kier molecular flexibility index (Phi) is 20.3. The number of anilines is 11. The number of carbonyl (C=O) groups is 1. The predicted molar refractivity (Wildman–Crippen MR) is 325 cm³/mol. The lowest BCUT2D eigenvalue weighted by atomic mass is 10.2. The first-order valence-electron chi connectivity index (χ1n) is 25.8. The summed E-state index contributed by atoms with van der Waals surface area (Å²) in [6, 6.07) is 41.5. The fourth-order valence-electron chi connectivity index (χ4n) is 7.64. The number of hydrogen-bond acceptors (Lipinski definition) is 16. The molecule has 10 aromatic rings. The summed E-state index contributed by atoms with van der Waals surface area (Å²) in [5, 5.41) is 32.1. The lowest BCUT2D eigenvalue weighted by Crippen LogP contribution is -2.20. The minimum Gasteiger partial charge on any atom is -0.483 e. The molecule has 0 saturated carbocycles. The smallest absolute Gasteiger partial charge is 0.417 e. The van der Waals surface area contributed by atoms with Crippen LogP contribution in [0.2, 0.25) is 10.0 Å². The molecule has 25 heteroatoms. The van der Waals surface area contributed by atoms with Gasteiger partial charge in [0, 0.05) is 57.0 Å². The van der Waals surface area contributed by atoms with Crippen LogP contribution in [0.4, 0.5) is 87.3 Å². The third kappa shape index (κ3) is 18.0. The monoisotopic (exact) mass is 1190 g/mol. The van der Waals surface area contributed by atoms with Gasteiger partial charge in [-0.2, -0.15) is 38.3 Å². The largest absolute Gasteiger partial charge is 0.483 e. The summed E-state index contributed by atoms with van der Waals surface area (Å²) in [4.78, 5) is 43.9. The Bertz CT molecular complexity index is 3960. The molecule has 0 atom stereocenters. The van der Waals surface area contributed by atoms with Crippen LogP contribution in [0.25, 0.3) is 0 Å². The number of aryl methyl sites for hydroxylation is 5. The van der Waals surface area contributed by atoms with Crippen molar-refractivity contribution >= 4 is 105 Å². The van der Waals surface area contributed by atoms with Crippen LogP contribution >= 0.6 is 23.2 Å². The zero-order valence-electron chi connectivity index (χ0n) is 46.2. The Morgan fingerprint density at radius 1 is 0.600 bits per heavy atom. The lowest BCUT2D eigenvalue weighted by molar-refractivity contribution is -0.137. The van der Waals surface area contributed by atoms with Crippen LogP contribution in [0.3, 0.4) is 0 Å². The van der Waals surface area contributed by atoms with Crippen molar-refractivity contribution < 1.29 is 32.2 Å². The van der Waals surface area contributed by atoms with Crippen LogP contribution in [-0.2, 0) is 24.2 Å². The minimum absolute atomic E-state index is 0.0696. The van der Waals surface area contributed by atoms with E-state index in [0.29, 0.717) is 81.7 Å². The summed E-state index contributed by atoms with van der Waals surface area (Å²) in [6.45, 7) is 10.2. The first kappa shape index (κ1) is 60.6. The molecule has 0 radical (unpaired) electrons. The molecule has 4 aromatic heterocycles. The van der Waals surface area contributed by atoms with Crippen molar-refractivity contribution in [3.8, 4) is 11.5 Å². The number of rotatable bonds is 17. The Balaban J connectivity index is 0.000000196. The van der Waals surface area contributed by atoms with Gasteiger partial charge in [0.05, 0.1) is 28.7 Å². The van der Waals surface area contributed by atoms with E-state index in [1.165, 1.54) is 18.3 Å². The second-order valence-corrected chi connectivity index (χ2v) is 19.6. The van der Waals surface area contributed by atoms with Gasteiger partial charge in [-0.3, -0.25) is 10.2 Å². The highest BCUT2D eigenvalue weighted by atomic mass is 35.5. The fraction of sp³-hybridized carbons (Fsp3) is 0.133. The van der Waals surface area contributed by atoms with Crippen LogP contribution in [-0.4, -0.2) is 52.4 Å². The Morgan fingerprint density at radius 3 is 1.59 bits per heavy atom. The molecule has 0 bridgehead atoms. The molecule has 0 fully saturated rings. The molecule has 10 N–H and O–H groups in total. The van der Waals surface area contributed by atoms with Crippen LogP contribution in [0.5, 0.6) is 11.5 Å². The van der Waals surface area contributed by atoms with E-state index < -0.39 is 22.8 Å². The van der Waals surface area contributed by atoms with Gasteiger partial charge in [0.2, 0.25) is 18.0 Å². The van der Waals surface area contributed by atoms with Gasteiger partial charge >= 0.3 is 12.2 Å². The number of urea groups is 1. The minimum atomic E-state index is -4.66. The van der Waals surface area contributed by atoms with Crippen LogP contribution < -0.4 is 47.1 Å². The molecule has 0 aliphatic carbocycles. The number of nitrogen functional groups attached to an aromatic ring is 1. The Morgan fingerprint density at radius 2 is 1.09 bits per heavy atom. The molecule has 434 valence electrons. The van der Waals surface area contributed by atoms with Crippen molar-refractivity contribution in [3.05, 3.63) is 213 Å². The standard InChI is InChI=1S/C30H26ClF3N8O2.C22H23N7O.C8H6ClNO/c1-17-8-9-21(37-29(43)36-20-10-11-23(31)22(13-20)30(32,33)34)14-24(17)38-28-35-15-25(44-16-19-6-4-3-5-7-19)27(40-28)39-26-12-18(2)41-42-26;1-14-8-9-17(23)11-18(14)25-22-24-12-19(30-13-16-6-4-3-5-7-16)21(27-22)26-20-10-15(2)28-29-20;1-6-4-7(10-5-11)2-3-8(6)9/h3-15H,16H2,1-2H3,(H2,36,37,43)(H3,35,38,39,40,41,42);3-12H,13,23H2,1-2H3,(H3,24,25,26,27,28,29);2-4H,1H3. The number of isocyanates is 1. The number of nitrogens with one attached hydrogen (secondary N) is 8. The average Bonchev–Trinajstić information content (AvgIpc) is 4.28. The molecule has 2 amide bonds. The van der Waals surface area contributed by atoms with Crippen LogP contribution in [0, 0.1) is 34.6 Å². The third-order valence-corrected chi connectivity index (χ3v) is 12.7. The molecule has 0 spiro atoms. The molecular formula is C60H55Cl2F3N16O4. The number of aromatic nitrogens is 8. The number of carbonyl (C=O) groups excluding carboxylic acids is 2. The topological polar surface area (TPSA) is 272 Å². The number of H-pyrrole nitrogens is 2. The van der Waals surface area contributed by atoms with Crippen LogP contribution in [0.1, 0.15) is 44.8 Å². The number of aromatic amines is 2. The second kappa shape index (κ2) is 28.5. The summed E-state index contributed by atoms with van der Waals surface area (Å²) < 4.78 is 51.6. The van der Waals surface area contributed by atoms with Crippen molar-refractivity contribution in [2.24, 2.45) is 4.99 Å². The van der Waals surface area contributed by atoms with Gasteiger partial charge in [0.25, 0.3) is 0 Å². The molecule has 10 rings (SSSR count). The number of hydrogen-bond donors (Lipinski definition) is 9. The summed E-state index contributed by atoms with van der Waals surface area (Å²) >= 11 is 11.4. The molecule has 6 aromatic carbocycles. The molecule has 0 aliphatic heterocycles. The van der Waals surface area contributed by atoms with Gasteiger partial charge in [-0.05, 0) is 123 Å². The van der Waals surface area contributed by atoms with E-state index in [1.807, 2.05) is 126 Å². The molecule has 20 nitrogen and oxygen atoms in total. The maximum absolute atomic E-state index is 13.2. The SMILES string of the molecule is Cc1cc(N=C=O)ccc1Cl.Cc1cc(Nc2nc(Nc3cc(N)ccc3C)ncc2OCc2ccccc2)n[nH]1.Cc1cc(Nc2nc(Nc3cc(NC(=O)Nc4ccc(Cl)c(C(F)(F)F)c4)ccc3C)ncc2OCc2ccccc2)n[nH]1. The second-order valence-electron chi connectivity index (χ2n) is 18.7. The zero-order valence-corrected chi connectivity index (χ0v) is 47.7. The van der Waals surface area contributed by atoms with Gasteiger partial charge < -0.3 is 47.1 Å². The highest BCUT2D eigenvalue weighted by Gasteiger charge is 2.33. The van der Waals surface area contributed by atoms with Gasteiger partial charge in [-0.15, -0.1) is 0 Å². The Hall–Kier alpha value is -10.5. The number of aliphatic imine (C=N–C) groups is 1. The van der Waals surface area contributed by atoms with E-state index in [2.05, 4.69) is 77.2 Å². The van der Waals surface area contributed by atoms with E-state index in [-0.39, 0.29) is 11.6 Å². The molecule has 0 unspecified atom stereocenters. The van der Waals surface area contributed by atoms with E-state index in [4.69, 9.17) is 38.4 Å². The fourth-order valence-corrected chi connectivity index (χ4v) is 7.99. The third-order valence-electron chi connectivity index (χ3n) is 12.0. The molecule has 0 aliphatic rings. The normalized spacial score (nSPS) is 10.7. The lowest BCUT2D eigenvalue weighted by Gasteiger charge is -2.15. The van der Waals surface area contributed by atoms with Crippen molar-refractivity contribution in [3.63, 3.8) is 0 Å². The van der Waals surface area contributed by atoms with Gasteiger partial charge in [0.1, 0.15) is 13.2 Å². The van der Waals surface area contributed by atoms with Gasteiger partial charge in [0.15, 0.2) is 34.8 Å². The van der Waals surface area contributed by atoms with Crippen LogP contribution in [0.15, 0.2) is 163 Å². The molecule has 85 heavy (non-hydrogen) atoms. The number of ether oxygens (including phenoxy) is 2. The number of alkyl halides is 3. The Labute approximate surface area is 495 Å². The van der Waals surface area contributed by atoms with Gasteiger partial charge in [-0.1, -0.05) is 96.0 Å². The first-order valence-corrected chi connectivity index (χ1v) is 26.5. The van der Waals surface area contributed by atoms with E-state index in [0.717, 1.165) is 57.0 Å². The summed E-state index contributed by atoms with van der Waals surface area (Å²) in [5.41, 5.74) is 14.4. The van der Waals surface area contributed by atoms with Crippen molar-refractivity contribution in [2.45, 2.75) is 54.0 Å². The van der Waals surface area contributed by atoms with Gasteiger partial charge in [-0.25, -0.2) is 19.6 Å². The molecule has 0 saturated heterocycles. The quantitative estimate of drug-likeness (QED) is 0.0233. The van der Waals surface area contributed by atoms with E-state index in [1.54, 1.807) is 42.6 Å². The summed E-state index contributed by atoms with van der Waals surface area (Å²) in [7, 11) is 0. The molecular weight excluding hydrogens is 1140 g/mol. The summed E-state index contributed by atoms with van der Waals surface area (Å²) in [6.07, 6.45) is -0.0259. The number of nitrogens with zero attached hydrogens (tertiary/aromatic N) is 7. The number of halogens is 5. The predicted octanol–water partition coefficient (Wildman–Crippen LogP) is 15.3. The highest BCUT2D eigenvalue weighted by molar-refractivity contribution is 6.31. The zero-order chi connectivity index (χ0) is 60.5. The van der Waals surface area contributed by atoms with Crippen molar-refractivity contribution in [1.82, 2.24) is 40.3 Å². The number of amides is 2. The first-order chi connectivity index (χ1) is 40.8. The highest BCUT2D eigenvalue weighted by Crippen LogP contribution is 2.37. The number of benzene rings is 6. The number of nitrogens with two attached hydrogens (primary N) is 1. The van der Waals surface area contributed by atoms with Crippen molar-refractivity contribution in [1.29, 1.82) is 0 Å². The average molecular weight is 1190 g/mol. The maximum atomic E-state index is 13.2. The van der Waals surface area contributed by atoms with E-state index >= 15 is 0 Å². The van der Waals surface area contributed by atoms with Crippen molar-refractivity contribution in [2.75, 3.05) is 37.6 Å². The summed E-state index contributed by atoms with van der Waals surface area (Å²) in [5.74, 6) is 3.64.